The first-order valence-electron chi connectivity index (χ1n) is 4.62. The highest BCUT2D eigenvalue weighted by atomic mass is 32.1. The van der Waals surface area contributed by atoms with Crippen molar-refractivity contribution in [3.05, 3.63) is 11.6 Å². The van der Waals surface area contributed by atoms with Gasteiger partial charge < -0.3 is 4.74 Å². The highest BCUT2D eigenvalue weighted by Crippen LogP contribution is 2.39. The third-order valence-corrected chi connectivity index (χ3v) is 4.66. The van der Waals surface area contributed by atoms with Crippen molar-refractivity contribution in [3.8, 4) is 0 Å². The number of benzene rings is 1. The molecule has 5 heteroatoms. The summed E-state index contributed by atoms with van der Waals surface area (Å²) in [5.74, 6) is 0. The minimum absolute atomic E-state index is 0.0863. The van der Waals surface area contributed by atoms with Crippen molar-refractivity contribution in [1.82, 2.24) is 0 Å². The van der Waals surface area contributed by atoms with Crippen LogP contribution in [0.2, 0.25) is 0 Å². The van der Waals surface area contributed by atoms with Gasteiger partial charge in [-0.2, -0.15) is 0 Å². The molecule has 1 radical (unpaired) electrons. The first-order valence-corrected chi connectivity index (χ1v) is 6.40. The molecule has 1 unspecified atom stereocenters. The number of rotatable bonds is 1. The summed E-state index contributed by atoms with van der Waals surface area (Å²) in [5.41, 5.74) is 0.948. The molecule has 1 atom stereocenters. The molecule has 0 N–H and O–H groups in total. The van der Waals surface area contributed by atoms with Crippen LogP contribution < -0.4 is 0 Å². The molecule has 1 aromatic carbocycles. The maximum absolute atomic E-state index is 5.60. The SMILES string of the molecule is Sc1[c]c(C2CCCO2)c(S)c(S)c1S. The molecule has 0 bridgehead atoms. The quantitative estimate of drug-likeness (QED) is 0.574. The Hall–Kier alpha value is 0.580. The van der Waals surface area contributed by atoms with Crippen LogP contribution in [0.4, 0.5) is 0 Å². The average Bonchev–Trinajstić information content (AvgIpc) is 2.73. The fraction of sp³-hybridized carbons (Fsp3) is 0.400. The first-order chi connectivity index (χ1) is 7.11. The van der Waals surface area contributed by atoms with E-state index < -0.39 is 0 Å². The third kappa shape index (κ3) is 2.31. The molecule has 15 heavy (non-hydrogen) atoms. The fourth-order valence-corrected chi connectivity index (χ4v) is 2.76. The van der Waals surface area contributed by atoms with Crippen LogP contribution in [0.15, 0.2) is 19.6 Å². The van der Waals surface area contributed by atoms with Crippen LogP contribution in [0, 0.1) is 6.07 Å². The molecule has 1 aromatic rings. The van der Waals surface area contributed by atoms with Crippen LogP contribution in [-0.2, 0) is 4.74 Å². The third-order valence-electron chi connectivity index (χ3n) is 2.43. The predicted molar refractivity (Wildman–Crippen MR) is 72.2 cm³/mol. The van der Waals surface area contributed by atoms with Gasteiger partial charge in [-0.25, -0.2) is 0 Å². The second-order valence-electron chi connectivity index (χ2n) is 3.43. The Morgan fingerprint density at radius 1 is 1.07 bits per heavy atom. The van der Waals surface area contributed by atoms with Gasteiger partial charge >= 0.3 is 0 Å². The van der Waals surface area contributed by atoms with E-state index in [0.29, 0.717) is 9.79 Å². The Balaban J connectivity index is 2.47. The molecule has 2 rings (SSSR count). The monoisotopic (exact) mass is 275 g/mol. The summed E-state index contributed by atoms with van der Waals surface area (Å²) in [6.45, 7) is 0.804. The van der Waals surface area contributed by atoms with Crippen LogP contribution in [0.25, 0.3) is 0 Å². The minimum atomic E-state index is 0.0863. The summed E-state index contributed by atoms with van der Waals surface area (Å²) in [6, 6.07) is 3.16. The highest BCUT2D eigenvalue weighted by Gasteiger charge is 2.22. The molecule has 81 valence electrons. The lowest BCUT2D eigenvalue weighted by Gasteiger charge is -2.15. The minimum Gasteiger partial charge on any atom is -0.373 e. The molecule has 1 saturated heterocycles. The Morgan fingerprint density at radius 2 is 1.80 bits per heavy atom. The van der Waals surface area contributed by atoms with Gasteiger partial charge in [-0.3, -0.25) is 0 Å². The molecule has 1 aliphatic rings. The van der Waals surface area contributed by atoms with E-state index in [4.69, 9.17) is 4.74 Å². The van der Waals surface area contributed by atoms with Gasteiger partial charge in [0.05, 0.1) is 6.10 Å². The van der Waals surface area contributed by atoms with Crippen molar-refractivity contribution in [2.75, 3.05) is 6.61 Å². The lowest BCUT2D eigenvalue weighted by molar-refractivity contribution is 0.109. The lowest BCUT2D eigenvalue weighted by Crippen LogP contribution is -1.99. The predicted octanol–water partition coefficient (Wildman–Crippen LogP) is 3.49. The van der Waals surface area contributed by atoms with Gasteiger partial charge in [0.15, 0.2) is 0 Å². The van der Waals surface area contributed by atoms with E-state index in [1.54, 1.807) is 0 Å². The molecule has 0 spiro atoms. The van der Waals surface area contributed by atoms with Crippen molar-refractivity contribution in [3.63, 3.8) is 0 Å². The summed E-state index contributed by atoms with van der Waals surface area (Å²) in [4.78, 5) is 2.96. The summed E-state index contributed by atoms with van der Waals surface area (Å²) in [5, 5.41) is 0. The van der Waals surface area contributed by atoms with Crippen LogP contribution in [-0.4, -0.2) is 6.61 Å². The Bertz CT molecular complexity index is 385. The van der Waals surface area contributed by atoms with Crippen LogP contribution in [0.1, 0.15) is 24.5 Å². The van der Waals surface area contributed by atoms with E-state index in [2.05, 4.69) is 56.6 Å². The highest BCUT2D eigenvalue weighted by molar-refractivity contribution is 7.86. The number of thiol groups is 4. The summed E-state index contributed by atoms with van der Waals surface area (Å²) < 4.78 is 5.60. The first kappa shape index (κ1) is 12.0. The zero-order valence-electron chi connectivity index (χ0n) is 7.90. The van der Waals surface area contributed by atoms with Crippen LogP contribution >= 0.6 is 50.5 Å². The average molecular weight is 275 g/mol. The smallest absolute Gasteiger partial charge is 0.0843 e. The zero-order chi connectivity index (χ0) is 11.0. The van der Waals surface area contributed by atoms with Crippen molar-refractivity contribution in [2.24, 2.45) is 0 Å². The van der Waals surface area contributed by atoms with Crippen LogP contribution in [0.3, 0.4) is 0 Å². The number of hydrogen-bond acceptors (Lipinski definition) is 5. The molecule has 1 nitrogen and oxygen atoms in total. The summed E-state index contributed by atoms with van der Waals surface area (Å²) in [6.07, 6.45) is 2.18. The number of ether oxygens (including phenoxy) is 1. The van der Waals surface area contributed by atoms with Gasteiger partial charge in [-0.1, -0.05) is 0 Å². The molecular formula is C10H11OS4. The summed E-state index contributed by atoms with van der Waals surface area (Å²) in [7, 11) is 0. The van der Waals surface area contributed by atoms with E-state index in [9.17, 15) is 0 Å². The molecule has 1 fully saturated rings. The fourth-order valence-electron chi connectivity index (χ4n) is 1.64. The Labute approximate surface area is 112 Å². The molecule has 1 heterocycles. The van der Waals surface area contributed by atoms with Gasteiger partial charge in [0.25, 0.3) is 0 Å². The van der Waals surface area contributed by atoms with E-state index in [0.717, 1.165) is 34.8 Å². The normalized spacial score (nSPS) is 20.9. The largest absolute Gasteiger partial charge is 0.373 e. The second kappa shape index (κ2) is 4.84. The topological polar surface area (TPSA) is 9.23 Å². The van der Waals surface area contributed by atoms with Gasteiger partial charge in [0.1, 0.15) is 0 Å². The van der Waals surface area contributed by atoms with E-state index >= 15 is 0 Å². The van der Waals surface area contributed by atoms with Gasteiger partial charge in [-0.05, 0) is 12.8 Å². The molecule has 0 amide bonds. The second-order valence-corrected chi connectivity index (χ2v) is 5.22. The van der Waals surface area contributed by atoms with Gasteiger partial charge in [-0.15, -0.1) is 50.5 Å². The van der Waals surface area contributed by atoms with Gasteiger partial charge in [0.2, 0.25) is 0 Å². The molecule has 0 aromatic heterocycles. The van der Waals surface area contributed by atoms with E-state index in [-0.39, 0.29) is 6.10 Å². The van der Waals surface area contributed by atoms with E-state index in [1.165, 1.54) is 0 Å². The van der Waals surface area contributed by atoms with Gasteiger partial charge in [0, 0.05) is 37.8 Å². The van der Waals surface area contributed by atoms with Crippen molar-refractivity contribution < 1.29 is 4.74 Å². The molecular weight excluding hydrogens is 264 g/mol. The van der Waals surface area contributed by atoms with Crippen LogP contribution in [0.5, 0.6) is 0 Å². The van der Waals surface area contributed by atoms with Crippen molar-refractivity contribution >= 4 is 50.5 Å². The maximum atomic E-state index is 5.60. The Kier molecular flexibility index (Phi) is 3.88. The molecule has 0 saturated carbocycles. The standard InChI is InChI=1S/C10H11OS4/c12-7-4-5(6-2-1-3-11-6)8(13)10(15)9(7)14/h6,12-15H,1-3H2. The Morgan fingerprint density at radius 3 is 2.40 bits per heavy atom. The molecule has 1 aliphatic heterocycles. The number of hydrogen-bond donors (Lipinski definition) is 4. The summed E-state index contributed by atoms with van der Waals surface area (Å²) >= 11 is 17.4. The lowest BCUT2D eigenvalue weighted by atomic mass is 10.1. The zero-order valence-corrected chi connectivity index (χ0v) is 11.5. The van der Waals surface area contributed by atoms with Crippen molar-refractivity contribution in [1.29, 1.82) is 0 Å². The maximum Gasteiger partial charge on any atom is 0.0843 e. The van der Waals surface area contributed by atoms with E-state index in [1.807, 2.05) is 0 Å². The van der Waals surface area contributed by atoms with Crippen molar-refractivity contribution in [2.45, 2.75) is 38.5 Å². The molecule has 0 aliphatic carbocycles.